The highest BCUT2D eigenvalue weighted by Crippen LogP contribution is 2.29. The van der Waals surface area contributed by atoms with E-state index in [4.69, 9.17) is 0 Å². The van der Waals surface area contributed by atoms with Gasteiger partial charge < -0.3 is 5.11 Å². The molecule has 3 rings (SSSR count). The second kappa shape index (κ2) is 4.76. The molecule has 1 atom stereocenters. The molecule has 3 aromatic rings. The molecule has 3 heteroatoms. The minimum absolute atomic E-state index is 0.558. The number of hydrogen-bond acceptors (Lipinski definition) is 3. The summed E-state index contributed by atoms with van der Waals surface area (Å²) in [6.07, 6.45) is -0.558. The van der Waals surface area contributed by atoms with Crippen molar-refractivity contribution in [2.75, 3.05) is 0 Å². The Morgan fingerprint density at radius 1 is 1.11 bits per heavy atom. The van der Waals surface area contributed by atoms with Gasteiger partial charge >= 0.3 is 0 Å². The van der Waals surface area contributed by atoms with Gasteiger partial charge in [0.1, 0.15) is 6.10 Å². The molecule has 0 spiro atoms. The summed E-state index contributed by atoms with van der Waals surface area (Å²) in [4.78, 5) is 5.64. The van der Waals surface area contributed by atoms with E-state index in [1.807, 2.05) is 55.6 Å². The Labute approximate surface area is 116 Å². The van der Waals surface area contributed by atoms with Gasteiger partial charge in [-0.15, -0.1) is 11.3 Å². The van der Waals surface area contributed by atoms with Gasteiger partial charge in [0.15, 0.2) is 0 Å². The molecule has 2 heterocycles. The van der Waals surface area contributed by atoms with Gasteiger partial charge in [0, 0.05) is 16.0 Å². The van der Waals surface area contributed by atoms with E-state index < -0.39 is 6.10 Å². The lowest BCUT2D eigenvalue weighted by atomic mass is 10.0. The topological polar surface area (TPSA) is 33.1 Å². The van der Waals surface area contributed by atoms with Gasteiger partial charge in [-0.3, -0.25) is 4.98 Å². The fraction of sp³-hybridized carbons (Fsp3) is 0.188. The Balaban J connectivity index is 2.06. The number of rotatable bonds is 2. The lowest BCUT2D eigenvalue weighted by Gasteiger charge is -2.12. The summed E-state index contributed by atoms with van der Waals surface area (Å²) in [5, 5.41) is 13.5. The molecule has 0 saturated carbocycles. The lowest BCUT2D eigenvalue weighted by Crippen LogP contribution is -1.99. The summed E-state index contributed by atoms with van der Waals surface area (Å²) in [5.74, 6) is 0. The van der Waals surface area contributed by atoms with E-state index >= 15 is 0 Å². The average Bonchev–Trinajstić information content (AvgIpc) is 2.83. The van der Waals surface area contributed by atoms with E-state index in [-0.39, 0.29) is 0 Å². The Hall–Kier alpha value is -1.71. The van der Waals surface area contributed by atoms with Crippen molar-refractivity contribution in [3.05, 3.63) is 63.5 Å². The van der Waals surface area contributed by atoms with E-state index in [2.05, 4.69) is 4.98 Å². The number of pyridine rings is 1. The highest BCUT2D eigenvalue weighted by atomic mass is 32.1. The summed E-state index contributed by atoms with van der Waals surface area (Å²) in [5.41, 5.74) is 3.89. The van der Waals surface area contributed by atoms with Crippen LogP contribution in [0.1, 0.15) is 27.8 Å². The molecule has 1 aromatic carbocycles. The fourth-order valence-corrected chi connectivity index (χ4v) is 3.01. The van der Waals surface area contributed by atoms with Crippen molar-refractivity contribution in [2.24, 2.45) is 0 Å². The van der Waals surface area contributed by atoms with Crippen molar-refractivity contribution < 1.29 is 5.11 Å². The van der Waals surface area contributed by atoms with Crippen molar-refractivity contribution in [1.29, 1.82) is 0 Å². The maximum absolute atomic E-state index is 10.5. The third-order valence-electron chi connectivity index (χ3n) is 3.36. The monoisotopic (exact) mass is 269 g/mol. The number of hydrogen-bond donors (Lipinski definition) is 1. The number of fused-ring (bicyclic) bond motifs is 1. The predicted octanol–water partition coefficient (Wildman–Crippen LogP) is 3.99. The molecule has 0 aliphatic carbocycles. The fourth-order valence-electron chi connectivity index (χ4n) is 2.27. The lowest BCUT2D eigenvalue weighted by molar-refractivity contribution is 0.220. The maximum Gasteiger partial charge on any atom is 0.105 e. The normalized spacial score (nSPS) is 12.8. The van der Waals surface area contributed by atoms with Crippen LogP contribution in [-0.4, -0.2) is 10.1 Å². The van der Waals surface area contributed by atoms with Gasteiger partial charge in [0.25, 0.3) is 0 Å². The zero-order valence-corrected chi connectivity index (χ0v) is 11.7. The van der Waals surface area contributed by atoms with E-state index in [0.29, 0.717) is 0 Å². The molecule has 1 N–H and O–H groups in total. The molecule has 0 amide bonds. The number of benzene rings is 1. The van der Waals surface area contributed by atoms with E-state index in [9.17, 15) is 5.11 Å². The van der Waals surface area contributed by atoms with E-state index in [0.717, 1.165) is 32.6 Å². The molecule has 19 heavy (non-hydrogen) atoms. The third-order valence-corrected chi connectivity index (χ3v) is 4.22. The molecular weight excluding hydrogens is 254 g/mol. The molecule has 0 aliphatic heterocycles. The highest BCUT2D eigenvalue weighted by molar-refractivity contribution is 7.10. The first-order valence-electron chi connectivity index (χ1n) is 6.24. The second-order valence-electron chi connectivity index (χ2n) is 4.74. The van der Waals surface area contributed by atoms with Crippen LogP contribution in [0.5, 0.6) is 0 Å². The zero-order chi connectivity index (χ0) is 13.4. The number of aliphatic hydroxyl groups excluding tert-OH is 1. The van der Waals surface area contributed by atoms with E-state index in [1.54, 1.807) is 11.3 Å². The number of thiophene rings is 1. The summed E-state index contributed by atoms with van der Waals surface area (Å²) < 4.78 is 0. The molecule has 0 fully saturated rings. The molecule has 0 saturated heterocycles. The Bertz CT molecular complexity index is 732. The number of aromatic nitrogens is 1. The Morgan fingerprint density at radius 3 is 2.68 bits per heavy atom. The molecule has 0 aliphatic rings. The summed E-state index contributed by atoms with van der Waals surface area (Å²) in [6.45, 7) is 4.02. The van der Waals surface area contributed by atoms with Crippen LogP contribution in [0.2, 0.25) is 0 Å². The number of aliphatic hydroxyl groups is 1. The average molecular weight is 269 g/mol. The summed E-state index contributed by atoms with van der Waals surface area (Å²) >= 11 is 1.66. The Morgan fingerprint density at radius 2 is 1.95 bits per heavy atom. The van der Waals surface area contributed by atoms with Gasteiger partial charge in [0.05, 0.1) is 5.52 Å². The molecule has 0 radical (unpaired) electrons. The van der Waals surface area contributed by atoms with Crippen LogP contribution >= 0.6 is 11.3 Å². The first kappa shape index (κ1) is 12.3. The molecule has 96 valence electrons. The standard InChI is InChI=1S/C16H15NOS/c1-10-3-4-12-9-13(5-6-15(12)17-10)16(18)14-7-8-19-11(14)2/h3-9,16,18H,1-2H3. The van der Waals surface area contributed by atoms with Crippen molar-refractivity contribution in [2.45, 2.75) is 20.0 Å². The van der Waals surface area contributed by atoms with Crippen LogP contribution in [0.4, 0.5) is 0 Å². The quantitative estimate of drug-likeness (QED) is 0.763. The largest absolute Gasteiger partial charge is 0.384 e. The van der Waals surface area contributed by atoms with Gasteiger partial charge in [-0.1, -0.05) is 12.1 Å². The van der Waals surface area contributed by atoms with Gasteiger partial charge in [-0.25, -0.2) is 0 Å². The van der Waals surface area contributed by atoms with Gasteiger partial charge in [-0.05, 0) is 54.6 Å². The first-order valence-corrected chi connectivity index (χ1v) is 7.12. The first-order chi connectivity index (χ1) is 9.15. The minimum Gasteiger partial charge on any atom is -0.384 e. The van der Waals surface area contributed by atoms with Gasteiger partial charge in [-0.2, -0.15) is 0 Å². The molecular formula is C16H15NOS. The zero-order valence-electron chi connectivity index (χ0n) is 10.9. The highest BCUT2D eigenvalue weighted by Gasteiger charge is 2.14. The Kier molecular flexibility index (Phi) is 3.09. The van der Waals surface area contributed by atoms with Crippen molar-refractivity contribution in [3.8, 4) is 0 Å². The van der Waals surface area contributed by atoms with Crippen molar-refractivity contribution >= 4 is 22.2 Å². The van der Waals surface area contributed by atoms with Crippen LogP contribution < -0.4 is 0 Å². The minimum atomic E-state index is -0.558. The van der Waals surface area contributed by atoms with Crippen molar-refractivity contribution in [1.82, 2.24) is 4.98 Å². The SMILES string of the molecule is Cc1ccc2cc(C(O)c3ccsc3C)ccc2n1. The summed E-state index contributed by atoms with van der Waals surface area (Å²) in [7, 11) is 0. The van der Waals surface area contributed by atoms with Crippen molar-refractivity contribution in [3.63, 3.8) is 0 Å². The molecule has 2 nitrogen and oxygen atoms in total. The van der Waals surface area contributed by atoms with E-state index in [1.165, 1.54) is 0 Å². The molecule has 0 bridgehead atoms. The van der Waals surface area contributed by atoms with Crippen LogP contribution in [0.3, 0.4) is 0 Å². The predicted molar refractivity (Wildman–Crippen MR) is 79.6 cm³/mol. The van der Waals surface area contributed by atoms with Crippen LogP contribution in [0.25, 0.3) is 10.9 Å². The number of aryl methyl sites for hydroxylation is 2. The van der Waals surface area contributed by atoms with Crippen LogP contribution in [-0.2, 0) is 0 Å². The van der Waals surface area contributed by atoms with Crippen LogP contribution in [0, 0.1) is 13.8 Å². The summed E-state index contributed by atoms with van der Waals surface area (Å²) in [6, 6.07) is 12.0. The molecule has 1 unspecified atom stereocenters. The van der Waals surface area contributed by atoms with Crippen LogP contribution in [0.15, 0.2) is 41.8 Å². The second-order valence-corrected chi connectivity index (χ2v) is 5.86. The smallest absolute Gasteiger partial charge is 0.105 e. The maximum atomic E-state index is 10.5. The number of nitrogens with zero attached hydrogens (tertiary/aromatic N) is 1. The molecule has 2 aromatic heterocycles. The third kappa shape index (κ3) is 2.27. The van der Waals surface area contributed by atoms with Gasteiger partial charge in [0.2, 0.25) is 0 Å².